The van der Waals surface area contributed by atoms with Crippen molar-refractivity contribution in [1.29, 1.82) is 0 Å². The number of hydrogen-bond acceptors (Lipinski definition) is 6. The zero-order valence-corrected chi connectivity index (χ0v) is 22.6. The van der Waals surface area contributed by atoms with Gasteiger partial charge in [-0.25, -0.2) is 4.79 Å². The summed E-state index contributed by atoms with van der Waals surface area (Å²) in [5, 5.41) is 5.07. The predicted molar refractivity (Wildman–Crippen MR) is 140 cm³/mol. The molecule has 2 aliphatic rings. The van der Waals surface area contributed by atoms with Gasteiger partial charge in [0.05, 0.1) is 12.0 Å². The Morgan fingerprint density at radius 2 is 1.89 bits per heavy atom. The molecule has 3 amide bonds. The van der Waals surface area contributed by atoms with Gasteiger partial charge in [-0.1, -0.05) is 39.0 Å². The number of nitrogens with one attached hydrogen (secondary N) is 1. The first-order valence-corrected chi connectivity index (χ1v) is 13.3. The van der Waals surface area contributed by atoms with Crippen LogP contribution in [0.4, 0.5) is 5.00 Å². The van der Waals surface area contributed by atoms with Crippen molar-refractivity contribution < 1.29 is 23.9 Å². The van der Waals surface area contributed by atoms with E-state index in [0.717, 1.165) is 16.7 Å². The Labute approximate surface area is 216 Å². The molecule has 8 heteroatoms. The van der Waals surface area contributed by atoms with Gasteiger partial charge in [-0.05, 0) is 55.7 Å². The fourth-order valence-corrected chi connectivity index (χ4v) is 6.47. The van der Waals surface area contributed by atoms with Gasteiger partial charge in [-0.2, -0.15) is 0 Å². The highest BCUT2D eigenvalue weighted by Crippen LogP contribution is 2.60. The Morgan fingerprint density at radius 1 is 1.17 bits per heavy atom. The Kier molecular flexibility index (Phi) is 6.86. The molecule has 1 saturated heterocycles. The number of hydrogen-bond donors (Lipinski definition) is 1. The minimum Gasteiger partial charge on any atom is -0.462 e. The lowest BCUT2D eigenvalue weighted by molar-refractivity contribution is -0.167. The minimum absolute atomic E-state index is 0.0236. The highest BCUT2D eigenvalue weighted by Gasteiger charge is 2.64. The second-order valence-corrected chi connectivity index (χ2v) is 11.5. The first-order chi connectivity index (χ1) is 16.9. The van der Waals surface area contributed by atoms with Crippen molar-refractivity contribution in [3.05, 3.63) is 40.3 Å². The van der Waals surface area contributed by atoms with Crippen molar-refractivity contribution in [2.75, 3.05) is 18.5 Å². The van der Waals surface area contributed by atoms with Crippen LogP contribution in [0.1, 0.15) is 68.4 Å². The maximum Gasteiger partial charge on any atom is 0.341 e. The minimum atomic E-state index is -0.603. The second-order valence-electron chi connectivity index (χ2n) is 10.6. The highest BCUT2D eigenvalue weighted by molar-refractivity contribution is 7.15. The number of benzene rings is 1. The van der Waals surface area contributed by atoms with E-state index in [2.05, 4.69) is 5.32 Å². The number of likely N-dealkylation sites (tertiary alicyclic amines) is 1. The highest BCUT2D eigenvalue weighted by atomic mass is 32.1. The van der Waals surface area contributed by atoms with E-state index in [-0.39, 0.29) is 43.2 Å². The quantitative estimate of drug-likeness (QED) is 0.400. The third-order valence-corrected chi connectivity index (χ3v) is 9.31. The maximum absolute atomic E-state index is 13.2. The maximum atomic E-state index is 13.2. The molecule has 2 unspecified atom stereocenters. The molecular weight excluding hydrogens is 476 g/mol. The zero-order valence-electron chi connectivity index (χ0n) is 21.8. The van der Waals surface area contributed by atoms with Gasteiger partial charge in [0.15, 0.2) is 0 Å². The van der Waals surface area contributed by atoms with Gasteiger partial charge in [0, 0.05) is 29.8 Å². The van der Waals surface area contributed by atoms with Crippen LogP contribution in [0.3, 0.4) is 0 Å². The fourth-order valence-electron chi connectivity index (χ4n) is 5.49. The summed E-state index contributed by atoms with van der Waals surface area (Å²) >= 11 is 1.26. The molecule has 1 saturated carbocycles. The second kappa shape index (κ2) is 9.47. The first-order valence-electron chi connectivity index (χ1n) is 12.4. The molecule has 1 aromatic carbocycles. The molecule has 2 fully saturated rings. The van der Waals surface area contributed by atoms with Gasteiger partial charge in [0.1, 0.15) is 10.6 Å². The van der Waals surface area contributed by atoms with Crippen molar-refractivity contribution in [1.82, 2.24) is 4.90 Å². The Morgan fingerprint density at radius 3 is 2.56 bits per heavy atom. The van der Waals surface area contributed by atoms with E-state index in [4.69, 9.17) is 4.74 Å². The molecule has 1 N–H and O–H groups in total. The van der Waals surface area contributed by atoms with Gasteiger partial charge < -0.3 is 10.1 Å². The summed E-state index contributed by atoms with van der Waals surface area (Å²) in [5.74, 6) is -1.46. The van der Waals surface area contributed by atoms with E-state index in [1.165, 1.54) is 16.2 Å². The van der Waals surface area contributed by atoms with Crippen molar-refractivity contribution in [3.8, 4) is 11.1 Å². The Hall–Kier alpha value is -3.00. The predicted octanol–water partition coefficient (Wildman–Crippen LogP) is 5.35. The number of fused-ring (bicyclic) bond motifs is 2. The average molecular weight is 511 g/mol. The van der Waals surface area contributed by atoms with Crippen molar-refractivity contribution in [3.63, 3.8) is 0 Å². The Bertz CT molecular complexity index is 1250. The standard InChI is InChI=1S/C28H34N2O5S/c1-7-35-25(33)22-19(18-9-8-16(2)17(3)14-18)15-36-23(22)29-21(31)11-13-30-24(32)20-10-12-28(6,26(30)34)27(20,4)5/h8-9,14-15,20H,7,10-13H2,1-6H3,(H,29,31). The van der Waals surface area contributed by atoms with E-state index in [0.29, 0.717) is 29.0 Å². The number of carbonyl (C=O) groups is 4. The van der Waals surface area contributed by atoms with Crippen LogP contribution in [0.25, 0.3) is 11.1 Å². The monoisotopic (exact) mass is 510 g/mol. The van der Waals surface area contributed by atoms with Gasteiger partial charge in [0.25, 0.3) is 0 Å². The molecule has 1 aliphatic carbocycles. The molecule has 192 valence electrons. The summed E-state index contributed by atoms with van der Waals surface area (Å²) in [4.78, 5) is 53.4. The van der Waals surface area contributed by atoms with Gasteiger partial charge in [-0.15, -0.1) is 11.3 Å². The van der Waals surface area contributed by atoms with Crippen LogP contribution in [-0.2, 0) is 19.1 Å². The number of amides is 3. The average Bonchev–Trinajstić information content (AvgIpc) is 3.30. The molecule has 7 nitrogen and oxygen atoms in total. The number of rotatable bonds is 7. The van der Waals surface area contributed by atoms with Crippen LogP contribution in [0.15, 0.2) is 23.6 Å². The number of aryl methyl sites for hydroxylation is 2. The number of nitrogens with zero attached hydrogens (tertiary/aromatic N) is 1. The van der Waals surface area contributed by atoms with E-state index >= 15 is 0 Å². The first kappa shape index (κ1) is 26.1. The SMILES string of the molecule is CCOC(=O)c1c(-c2ccc(C)c(C)c2)csc1NC(=O)CCN1C(=O)C2CCC(C)(C1=O)C2(C)C. The van der Waals surface area contributed by atoms with E-state index in [9.17, 15) is 19.2 Å². The fraction of sp³-hybridized carbons (Fsp3) is 0.500. The lowest BCUT2D eigenvalue weighted by atomic mass is 9.62. The van der Waals surface area contributed by atoms with Crippen LogP contribution < -0.4 is 5.32 Å². The van der Waals surface area contributed by atoms with E-state index in [1.807, 2.05) is 58.2 Å². The van der Waals surface area contributed by atoms with E-state index in [1.54, 1.807) is 6.92 Å². The molecule has 36 heavy (non-hydrogen) atoms. The molecule has 1 aromatic heterocycles. The number of esters is 1. The molecule has 1 aliphatic heterocycles. The van der Waals surface area contributed by atoms with Crippen LogP contribution in [0.2, 0.25) is 0 Å². The summed E-state index contributed by atoms with van der Waals surface area (Å²) < 4.78 is 5.29. The molecule has 2 heterocycles. The van der Waals surface area contributed by atoms with Gasteiger partial charge >= 0.3 is 5.97 Å². The molecular formula is C28H34N2O5S. The molecule has 2 bridgehead atoms. The molecule has 4 rings (SSSR count). The third kappa shape index (κ3) is 4.15. The van der Waals surface area contributed by atoms with Crippen molar-refractivity contribution >= 4 is 40.0 Å². The van der Waals surface area contributed by atoms with Crippen molar-refractivity contribution in [2.24, 2.45) is 16.7 Å². The summed E-state index contributed by atoms with van der Waals surface area (Å²) in [6.07, 6.45) is 1.33. The summed E-state index contributed by atoms with van der Waals surface area (Å²) in [7, 11) is 0. The Balaban J connectivity index is 1.52. The van der Waals surface area contributed by atoms with Crippen LogP contribution in [-0.4, -0.2) is 41.7 Å². The van der Waals surface area contributed by atoms with Crippen LogP contribution in [0.5, 0.6) is 0 Å². The normalized spacial score (nSPS) is 22.6. The smallest absolute Gasteiger partial charge is 0.341 e. The lowest BCUT2D eigenvalue weighted by Gasteiger charge is -2.47. The lowest BCUT2D eigenvalue weighted by Crippen LogP contribution is -2.59. The van der Waals surface area contributed by atoms with Gasteiger partial charge in [0.2, 0.25) is 17.7 Å². The summed E-state index contributed by atoms with van der Waals surface area (Å²) in [5.41, 5.74) is 3.13. The number of piperidine rings is 1. The van der Waals surface area contributed by atoms with Gasteiger partial charge in [-0.3, -0.25) is 19.3 Å². The van der Waals surface area contributed by atoms with E-state index < -0.39 is 16.8 Å². The molecule has 2 aromatic rings. The molecule has 0 radical (unpaired) electrons. The number of imide groups is 1. The number of anilines is 1. The molecule has 0 spiro atoms. The van der Waals surface area contributed by atoms with Crippen LogP contribution >= 0.6 is 11.3 Å². The number of ether oxygens (including phenoxy) is 1. The van der Waals surface area contributed by atoms with Crippen molar-refractivity contribution in [2.45, 2.75) is 60.8 Å². The summed E-state index contributed by atoms with van der Waals surface area (Å²) in [6.45, 7) is 11.9. The number of carbonyl (C=O) groups excluding carboxylic acids is 4. The molecule has 2 atom stereocenters. The zero-order chi connectivity index (χ0) is 26.4. The van der Waals surface area contributed by atoms with Crippen LogP contribution in [0, 0.1) is 30.6 Å². The summed E-state index contributed by atoms with van der Waals surface area (Å²) in [6, 6.07) is 5.95. The third-order valence-electron chi connectivity index (χ3n) is 8.41. The topological polar surface area (TPSA) is 92.8 Å². The number of thiophene rings is 1. The largest absolute Gasteiger partial charge is 0.462 e.